The molecule has 168 valence electrons. The van der Waals surface area contributed by atoms with E-state index in [0.29, 0.717) is 25.6 Å². The highest BCUT2D eigenvalue weighted by atomic mass is 16.5. The summed E-state index contributed by atoms with van der Waals surface area (Å²) in [7, 11) is 0. The summed E-state index contributed by atoms with van der Waals surface area (Å²) in [5.74, 6) is 1.15. The van der Waals surface area contributed by atoms with Crippen molar-refractivity contribution in [2.45, 2.75) is 27.0 Å². The third-order valence-corrected chi connectivity index (χ3v) is 5.42. The summed E-state index contributed by atoms with van der Waals surface area (Å²) in [5.41, 5.74) is 2.99. The number of urea groups is 1. The Hall–Kier alpha value is -3.79. The monoisotopic (exact) mass is 438 g/mol. The molecule has 0 bridgehead atoms. The van der Waals surface area contributed by atoms with E-state index in [1.165, 1.54) is 0 Å². The Bertz CT molecular complexity index is 1200. The van der Waals surface area contributed by atoms with Gasteiger partial charge in [0.25, 0.3) is 0 Å². The van der Waals surface area contributed by atoms with Gasteiger partial charge in [-0.05, 0) is 40.6 Å². The lowest BCUT2D eigenvalue weighted by Gasteiger charge is -2.25. The first kappa shape index (κ1) is 22.4. The van der Waals surface area contributed by atoms with E-state index in [1.54, 1.807) is 0 Å². The maximum absolute atomic E-state index is 13.3. The topological polar surface area (TPSA) is 41.6 Å². The van der Waals surface area contributed by atoms with Crippen molar-refractivity contribution in [3.63, 3.8) is 0 Å². The number of carbonyl (C=O) groups is 1. The molecule has 4 aromatic rings. The summed E-state index contributed by atoms with van der Waals surface area (Å²) in [6, 6.07) is 32.0. The highest BCUT2D eigenvalue weighted by molar-refractivity contribution is 6.01. The van der Waals surface area contributed by atoms with E-state index in [4.69, 9.17) is 4.74 Å². The van der Waals surface area contributed by atoms with E-state index in [9.17, 15) is 4.79 Å². The number of nitrogens with zero attached hydrogens (tertiary/aromatic N) is 1. The Morgan fingerprint density at radius 2 is 1.55 bits per heavy atom. The molecule has 4 aromatic carbocycles. The highest BCUT2D eigenvalue weighted by Crippen LogP contribution is 2.24. The number of nitrogens with one attached hydrogen (secondary N) is 1. The minimum Gasteiger partial charge on any atom is -0.489 e. The largest absolute Gasteiger partial charge is 0.489 e. The van der Waals surface area contributed by atoms with Crippen LogP contribution in [-0.2, 0) is 13.2 Å². The van der Waals surface area contributed by atoms with Crippen LogP contribution in [0.4, 0.5) is 10.5 Å². The van der Waals surface area contributed by atoms with Gasteiger partial charge in [0.2, 0.25) is 0 Å². The van der Waals surface area contributed by atoms with Crippen molar-refractivity contribution in [3.8, 4) is 5.75 Å². The van der Waals surface area contributed by atoms with Gasteiger partial charge in [0, 0.05) is 18.5 Å². The molecule has 0 heterocycles. The molecule has 0 saturated heterocycles. The average molecular weight is 439 g/mol. The number of anilines is 1. The van der Waals surface area contributed by atoms with Gasteiger partial charge in [0.15, 0.2) is 0 Å². The molecule has 0 aliphatic rings. The van der Waals surface area contributed by atoms with E-state index in [0.717, 1.165) is 33.3 Å². The lowest BCUT2D eigenvalue weighted by atomic mass is 10.1. The second-order valence-corrected chi connectivity index (χ2v) is 8.65. The van der Waals surface area contributed by atoms with Crippen molar-refractivity contribution < 1.29 is 9.53 Å². The van der Waals surface area contributed by atoms with Gasteiger partial charge in [0.05, 0.1) is 5.69 Å². The molecule has 2 amide bonds. The summed E-state index contributed by atoms with van der Waals surface area (Å²) >= 11 is 0. The molecule has 4 heteroatoms. The normalized spacial score (nSPS) is 10.9. The van der Waals surface area contributed by atoms with Crippen LogP contribution in [0.1, 0.15) is 25.0 Å². The van der Waals surface area contributed by atoms with Gasteiger partial charge in [-0.15, -0.1) is 0 Å². The van der Waals surface area contributed by atoms with Gasteiger partial charge in [-0.25, -0.2) is 4.79 Å². The molecule has 0 aliphatic carbocycles. The van der Waals surface area contributed by atoms with Gasteiger partial charge in [-0.3, -0.25) is 0 Å². The average Bonchev–Trinajstić information content (AvgIpc) is 2.83. The summed E-state index contributed by atoms with van der Waals surface area (Å²) in [6.07, 6.45) is 0. The van der Waals surface area contributed by atoms with Crippen LogP contribution < -0.4 is 10.1 Å². The number of carbonyl (C=O) groups excluding carboxylic acids is 1. The van der Waals surface area contributed by atoms with E-state index < -0.39 is 0 Å². The minimum atomic E-state index is -0.101. The number of benzene rings is 4. The number of amides is 2. The Balaban J connectivity index is 1.47. The predicted octanol–water partition coefficient (Wildman–Crippen LogP) is 7.11. The van der Waals surface area contributed by atoms with Crippen LogP contribution in [0.5, 0.6) is 5.75 Å². The number of fused-ring (bicyclic) bond motifs is 1. The zero-order chi connectivity index (χ0) is 23.0. The smallest absolute Gasteiger partial charge is 0.322 e. The predicted molar refractivity (Wildman–Crippen MR) is 135 cm³/mol. The van der Waals surface area contributed by atoms with Crippen molar-refractivity contribution >= 4 is 22.5 Å². The van der Waals surface area contributed by atoms with Crippen LogP contribution in [-0.4, -0.2) is 17.5 Å². The number of hydrogen-bond acceptors (Lipinski definition) is 2. The third-order valence-electron chi connectivity index (χ3n) is 5.42. The van der Waals surface area contributed by atoms with Crippen LogP contribution in [0.25, 0.3) is 10.8 Å². The Labute approximate surface area is 195 Å². The number of rotatable bonds is 8. The van der Waals surface area contributed by atoms with Crippen LogP contribution in [0.15, 0.2) is 97.1 Å². The highest BCUT2D eigenvalue weighted by Gasteiger charge is 2.17. The molecule has 0 saturated carbocycles. The summed E-state index contributed by atoms with van der Waals surface area (Å²) < 4.78 is 5.98. The van der Waals surface area contributed by atoms with Crippen molar-refractivity contribution in [1.29, 1.82) is 0 Å². The van der Waals surface area contributed by atoms with Crippen LogP contribution >= 0.6 is 0 Å². The van der Waals surface area contributed by atoms with E-state index in [2.05, 4.69) is 31.3 Å². The van der Waals surface area contributed by atoms with Gasteiger partial charge >= 0.3 is 6.03 Å². The second kappa shape index (κ2) is 10.7. The van der Waals surface area contributed by atoms with Crippen LogP contribution in [0, 0.1) is 5.92 Å². The molecule has 1 N–H and O–H groups in total. The molecule has 0 aromatic heterocycles. The molecular formula is C29H30N2O2. The molecule has 4 rings (SSSR count). The van der Waals surface area contributed by atoms with Crippen molar-refractivity contribution in [2.75, 3.05) is 11.9 Å². The molecule has 0 unspecified atom stereocenters. The molecule has 0 spiro atoms. The molecule has 0 radical (unpaired) electrons. The molecular weight excluding hydrogens is 408 g/mol. The summed E-state index contributed by atoms with van der Waals surface area (Å²) in [4.78, 5) is 15.1. The second-order valence-electron chi connectivity index (χ2n) is 8.65. The van der Waals surface area contributed by atoms with Crippen molar-refractivity contribution in [3.05, 3.63) is 108 Å². The quantitative estimate of drug-likeness (QED) is 0.318. The van der Waals surface area contributed by atoms with E-state index in [1.807, 2.05) is 89.8 Å². The fourth-order valence-electron chi connectivity index (χ4n) is 3.88. The lowest BCUT2D eigenvalue weighted by molar-refractivity contribution is 0.201. The van der Waals surface area contributed by atoms with Crippen LogP contribution in [0.3, 0.4) is 0 Å². The Morgan fingerprint density at radius 3 is 2.36 bits per heavy atom. The fourth-order valence-corrected chi connectivity index (χ4v) is 3.88. The van der Waals surface area contributed by atoms with Gasteiger partial charge in [-0.1, -0.05) is 92.7 Å². The first-order chi connectivity index (χ1) is 16.1. The standard InChI is InChI=1S/C29H30N2O2/c1-22(2)19-31(29(32)30-28-17-9-14-25-13-6-7-16-27(25)28)20-24-12-8-15-26(18-24)33-21-23-10-4-3-5-11-23/h3-18,22H,19-21H2,1-2H3,(H,30,32). The SMILES string of the molecule is CC(C)CN(Cc1cccc(OCc2ccccc2)c1)C(=O)Nc1cccc2ccccc12. The lowest BCUT2D eigenvalue weighted by Crippen LogP contribution is -2.37. The van der Waals surface area contributed by atoms with Crippen LogP contribution in [0.2, 0.25) is 0 Å². The first-order valence-corrected chi connectivity index (χ1v) is 11.4. The molecule has 33 heavy (non-hydrogen) atoms. The summed E-state index contributed by atoms with van der Waals surface area (Å²) in [5, 5.41) is 5.27. The zero-order valence-electron chi connectivity index (χ0n) is 19.2. The first-order valence-electron chi connectivity index (χ1n) is 11.4. The van der Waals surface area contributed by atoms with Crippen molar-refractivity contribution in [1.82, 2.24) is 4.90 Å². The molecule has 0 atom stereocenters. The maximum atomic E-state index is 13.3. The van der Waals surface area contributed by atoms with Gasteiger partial charge in [0.1, 0.15) is 12.4 Å². The number of ether oxygens (including phenoxy) is 1. The molecule has 0 aliphatic heterocycles. The molecule has 0 fully saturated rings. The summed E-state index contributed by atoms with van der Waals surface area (Å²) in [6.45, 7) is 5.93. The van der Waals surface area contributed by atoms with Gasteiger partial charge in [-0.2, -0.15) is 0 Å². The number of hydrogen-bond donors (Lipinski definition) is 1. The maximum Gasteiger partial charge on any atom is 0.322 e. The van der Waals surface area contributed by atoms with Crippen molar-refractivity contribution in [2.24, 2.45) is 5.92 Å². The Morgan fingerprint density at radius 1 is 0.848 bits per heavy atom. The van der Waals surface area contributed by atoms with E-state index >= 15 is 0 Å². The molecule has 4 nitrogen and oxygen atoms in total. The Kier molecular flexibility index (Phi) is 7.26. The third kappa shape index (κ3) is 6.13. The van der Waals surface area contributed by atoms with Gasteiger partial charge < -0.3 is 15.0 Å². The fraction of sp³-hybridized carbons (Fsp3) is 0.207. The zero-order valence-corrected chi connectivity index (χ0v) is 19.2. The minimum absolute atomic E-state index is 0.101. The van der Waals surface area contributed by atoms with E-state index in [-0.39, 0.29) is 6.03 Å².